The van der Waals surface area contributed by atoms with Crippen molar-refractivity contribution in [2.75, 3.05) is 14.2 Å². The zero-order valence-corrected chi connectivity index (χ0v) is 18.7. The minimum atomic E-state index is -0.700. The average Bonchev–Trinajstić information content (AvgIpc) is 3.14. The van der Waals surface area contributed by atoms with Gasteiger partial charge in [-0.3, -0.25) is 9.69 Å². The van der Waals surface area contributed by atoms with Crippen molar-refractivity contribution in [2.24, 2.45) is 0 Å². The van der Waals surface area contributed by atoms with Crippen molar-refractivity contribution in [3.05, 3.63) is 41.7 Å². The minimum absolute atomic E-state index is 0.307. The van der Waals surface area contributed by atoms with Gasteiger partial charge in [-0.05, 0) is 52.3 Å². The molecular formula is C21H31N5O4. The molecule has 0 saturated heterocycles. The Labute approximate surface area is 177 Å². The van der Waals surface area contributed by atoms with E-state index in [0.29, 0.717) is 12.2 Å². The number of carbonyl (C=O) groups is 2. The van der Waals surface area contributed by atoms with Crippen LogP contribution in [0.4, 0.5) is 4.79 Å². The van der Waals surface area contributed by atoms with E-state index in [4.69, 9.17) is 9.47 Å². The Morgan fingerprint density at radius 2 is 1.97 bits per heavy atom. The maximum Gasteiger partial charge on any atom is 0.410 e. The Morgan fingerprint density at radius 3 is 2.60 bits per heavy atom. The number of aromatic nitrogens is 3. The van der Waals surface area contributed by atoms with Gasteiger partial charge in [0.1, 0.15) is 23.1 Å². The van der Waals surface area contributed by atoms with Crippen molar-refractivity contribution in [1.29, 1.82) is 0 Å². The molecule has 30 heavy (non-hydrogen) atoms. The van der Waals surface area contributed by atoms with Crippen LogP contribution in [0.3, 0.4) is 0 Å². The Bertz CT molecular complexity index is 874. The molecule has 9 heteroatoms. The normalized spacial score (nSPS) is 13.3. The van der Waals surface area contributed by atoms with Crippen LogP contribution < -0.4 is 10.1 Å². The molecule has 164 valence electrons. The number of ether oxygens (including phenoxy) is 2. The average molecular weight is 418 g/mol. The maximum absolute atomic E-state index is 12.6. The molecule has 9 nitrogen and oxygen atoms in total. The van der Waals surface area contributed by atoms with E-state index in [9.17, 15) is 9.59 Å². The first-order valence-corrected chi connectivity index (χ1v) is 9.79. The molecule has 2 atom stereocenters. The van der Waals surface area contributed by atoms with Gasteiger partial charge in [-0.1, -0.05) is 17.3 Å². The summed E-state index contributed by atoms with van der Waals surface area (Å²) in [6.07, 6.45) is 1.23. The summed E-state index contributed by atoms with van der Waals surface area (Å²) in [6, 6.07) is 6.63. The van der Waals surface area contributed by atoms with E-state index in [0.717, 1.165) is 11.3 Å². The number of nitrogens with one attached hydrogen (secondary N) is 1. The highest BCUT2D eigenvalue weighted by molar-refractivity contribution is 5.85. The van der Waals surface area contributed by atoms with E-state index in [1.165, 1.54) is 11.9 Å². The number of methoxy groups -OCH3 is 1. The minimum Gasteiger partial charge on any atom is -0.497 e. The first-order chi connectivity index (χ1) is 14.0. The summed E-state index contributed by atoms with van der Waals surface area (Å²) in [5.41, 5.74) is 1.02. The highest BCUT2D eigenvalue weighted by Crippen LogP contribution is 2.15. The maximum atomic E-state index is 12.6. The van der Waals surface area contributed by atoms with Gasteiger partial charge < -0.3 is 14.8 Å². The van der Waals surface area contributed by atoms with Crippen LogP contribution in [-0.2, 0) is 16.1 Å². The number of hydrogen-bond acceptors (Lipinski definition) is 6. The standard InChI is InChI=1S/C21H31N5O4/c1-14(22-19(27)15(2)25(6)20(28)30-21(3,4)5)18-13-26(24-23-18)12-16-9-8-10-17(11-16)29-7/h8-11,13-15H,12H2,1-7H3,(H,22,27)/t14?,15-/m0/s1. The third-order valence-corrected chi connectivity index (χ3v) is 4.48. The van der Waals surface area contributed by atoms with Gasteiger partial charge in [0, 0.05) is 7.05 Å². The first-order valence-electron chi connectivity index (χ1n) is 9.79. The zero-order valence-electron chi connectivity index (χ0n) is 18.7. The van der Waals surface area contributed by atoms with Crippen LogP contribution in [0.5, 0.6) is 5.75 Å². The van der Waals surface area contributed by atoms with Crippen molar-refractivity contribution < 1.29 is 19.1 Å². The van der Waals surface area contributed by atoms with Gasteiger partial charge in [-0.2, -0.15) is 0 Å². The van der Waals surface area contributed by atoms with E-state index in [1.807, 2.05) is 31.2 Å². The van der Waals surface area contributed by atoms with E-state index in [1.54, 1.807) is 45.7 Å². The van der Waals surface area contributed by atoms with Gasteiger partial charge in [0.05, 0.1) is 25.9 Å². The lowest BCUT2D eigenvalue weighted by atomic mass is 10.2. The molecule has 0 bridgehead atoms. The summed E-state index contributed by atoms with van der Waals surface area (Å²) in [6.45, 7) is 9.33. The van der Waals surface area contributed by atoms with Gasteiger partial charge in [0.2, 0.25) is 5.91 Å². The zero-order chi connectivity index (χ0) is 22.5. The second-order valence-corrected chi connectivity index (χ2v) is 8.19. The van der Waals surface area contributed by atoms with Crippen LogP contribution in [0.1, 0.15) is 51.9 Å². The van der Waals surface area contributed by atoms with E-state index < -0.39 is 17.7 Å². The highest BCUT2D eigenvalue weighted by atomic mass is 16.6. The van der Waals surface area contributed by atoms with E-state index >= 15 is 0 Å². The summed E-state index contributed by atoms with van der Waals surface area (Å²) in [7, 11) is 3.16. The summed E-state index contributed by atoms with van der Waals surface area (Å²) in [5, 5.41) is 11.2. The number of amides is 2. The summed E-state index contributed by atoms with van der Waals surface area (Å²) in [4.78, 5) is 26.0. The number of hydrogen-bond donors (Lipinski definition) is 1. The largest absolute Gasteiger partial charge is 0.497 e. The fraction of sp³-hybridized carbons (Fsp3) is 0.524. The fourth-order valence-electron chi connectivity index (χ4n) is 2.62. The molecule has 2 rings (SSSR count). The van der Waals surface area contributed by atoms with Crippen LogP contribution >= 0.6 is 0 Å². The lowest BCUT2D eigenvalue weighted by molar-refractivity contribution is -0.126. The number of rotatable bonds is 7. The van der Waals surface area contributed by atoms with Gasteiger partial charge in [-0.15, -0.1) is 5.10 Å². The molecule has 0 fully saturated rings. The Kier molecular flexibility index (Phi) is 7.42. The molecule has 0 aliphatic carbocycles. The summed E-state index contributed by atoms with van der Waals surface area (Å²) in [5.74, 6) is 0.467. The van der Waals surface area contributed by atoms with Crippen molar-refractivity contribution in [2.45, 2.75) is 58.8 Å². The molecule has 1 heterocycles. The molecule has 1 N–H and O–H groups in total. The van der Waals surface area contributed by atoms with E-state index in [-0.39, 0.29) is 11.9 Å². The van der Waals surface area contributed by atoms with Crippen molar-refractivity contribution >= 4 is 12.0 Å². The molecule has 1 unspecified atom stereocenters. The number of carbonyl (C=O) groups excluding carboxylic acids is 2. The molecule has 1 aromatic carbocycles. The Hall–Kier alpha value is -3.10. The van der Waals surface area contributed by atoms with Gasteiger partial charge in [0.25, 0.3) is 0 Å². The number of likely N-dealkylation sites (N-methyl/N-ethyl adjacent to an activating group) is 1. The molecule has 0 saturated carbocycles. The van der Waals surface area contributed by atoms with Gasteiger partial charge >= 0.3 is 6.09 Å². The topological polar surface area (TPSA) is 98.6 Å². The van der Waals surface area contributed by atoms with Crippen molar-refractivity contribution in [3.8, 4) is 5.75 Å². The predicted octanol–water partition coefficient (Wildman–Crippen LogP) is 2.77. The van der Waals surface area contributed by atoms with Gasteiger partial charge in [0.15, 0.2) is 0 Å². The van der Waals surface area contributed by atoms with Crippen LogP contribution in [0, 0.1) is 0 Å². The predicted molar refractivity (Wildman–Crippen MR) is 112 cm³/mol. The van der Waals surface area contributed by atoms with Crippen LogP contribution in [0.15, 0.2) is 30.5 Å². The number of nitrogens with zero attached hydrogens (tertiary/aromatic N) is 4. The monoisotopic (exact) mass is 417 g/mol. The Morgan fingerprint density at radius 1 is 1.27 bits per heavy atom. The van der Waals surface area contributed by atoms with Crippen LogP contribution in [0.25, 0.3) is 0 Å². The van der Waals surface area contributed by atoms with Crippen LogP contribution in [-0.4, -0.2) is 57.7 Å². The molecule has 0 aliphatic rings. The van der Waals surface area contributed by atoms with Gasteiger partial charge in [-0.25, -0.2) is 9.48 Å². The second-order valence-electron chi connectivity index (χ2n) is 8.19. The molecular weight excluding hydrogens is 386 g/mol. The second kappa shape index (κ2) is 9.60. The molecule has 0 radical (unpaired) electrons. The Balaban J connectivity index is 1.96. The SMILES string of the molecule is COc1cccc(Cn2cc(C(C)NC(=O)[C@H](C)N(C)C(=O)OC(C)(C)C)nn2)c1. The smallest absolute Gasteiger partial charge is 0.410 e. The number of benzene rings is 1. The van der Waals surface area contributed by atoms with Crippen LogP contribution in [0.2, 0.25) is 0 Å². The molecule has 0 spiro atoms. The molecule has 1 aromatic heterocycles. The fourth-order valence-corrected chi connectivity index (χ4v) is 2.62. The third kappa shape index (κ3) is 6.47. The van der Waals surface area contributed by atoms with E-state index in [2.05, 4.69) is 15.6 Å². The lowest BCUT2D eigenvalue weighted by Crippen LogP contribution is -2.48. The first kappa shape index (κ1) is 23.2. The molecule has 2 aromatic rings. The summed E-state index contributed by atoms with van der Waals surface area (Å²) >= 11 is 0. The molecule has 2 amide bonds. The highest BCUT2D eigenvalue weighted by Gasteiger charge is 2.28. The van der Waals surface area contributed by atoms with Crippen molar-refractivity contribution in [1.82, 2.24) is 25.2 Å². The quantitative estimate of drug-likeness (QED) is 0.744. The van der Waals surface area contributed by atoms with Crippen molar-refractivity contribution in [3.63, 3.8) is 0 Å². The third-order valence-electron chi connectivity index (χ3n) is 4.48. The summed E-state index contributed by atoms with van der Waals surface area (Å²) < 4.78 is 12.2. The lowest BCUT2D eigenvalue weighted by Gasteiger charge is -2.28. The molecule has 0 aliphatic heterocycles.